The summed E-state index contributed by atoms with van der Waals surface area (Å²) < 4.78 is 66.3. The van der Waals surface area contributed by atoms with Crippen molar-refractivity contribution in [1.29, 1.82) is 0 Å². The van der Waals surface area contributed by atoms with Crippen LogP contribution in [0.2, 0.25) is 5.02 Å². The summed E-state index contributed by atoms with van der Waals surface area (Å²) in [6.45, 7) is -0.343. The lowest BCUT2D eigenvalue weighted by Crippen LogP contribution is -2.57. The summed E-state index contributed by atoms with van der Waals surface area (Å²) in [5.74, 6) is -2.70. The van der Waals surface area contributed by atoms with E-state index in [-0.39, 0.29) is 30.6 Å². The molecule has 170 valence electrons. The smallest absolute Gasteiger partial charge is 0.339 e. The van der Waals surface area contributed by atoms with E-state index in [1.807, 2.05) is 0 Å². The number of nitrogens with one attached hydrogen (secondary N) is 3. The lowest BCUT2D eigenvalue weighted by atomic mass is 9.78. The number of hydrogen-bond acceptors (Lipinski definition) is 4. The van der Waals surface area contributed by atoms with Gasteiger partial charge in [0.15, 0.2) is 0 Å². The van der Waals surface area contributed by atoms with Crippen molar-refractivity contribution in [3.63, 3.8) is 0 Å². The van der Waals surface area contributed by atoms with E-state index in [4.69, 9.17) is 11.6 Å². The molecule has 0 spiro atoms. The van der Waals surface area contributed by atoms with Gasteiger partial charge in [-0.1, -0.05) is 11.6 Å². The van der Waals surface area contributed by atoms with E-state index < -0.39 is 53.0 Å². The second kappa shape index (κ2) is 8.18. The first-order valence-electron chi connectivity index (χ1n) is 9.81. The van der Waals surface area contributed by atoms with Crippen LogP contribution < -0.4 is 16.1 Å². The molecule has 12 heteroatoms. The summed E-state index contributed by atoms with van der Waals surface area (Å²) in [6.07, 6.45) is -6.70. The number of nitrogens with zero attached hydrogens (tertiary/aromatic N) is 1. The van der Waals surface area contributed by atoms with Crippen molar-refractivity contribution in [2.45, 2.75) is 44.1 Å². The summed E-state index contributed by atoms with van der Waals surface area (Å²) >= 11 is 5.58. The monoisotopic (exact) mass is 466 g/mol. The highest BCUT2D eigenvalue weighted by atomic mass is 35.5. The molecule has 2 aliphatic heterocycles. The highest BCUT2D eigenvalue weighted by molar-refractivity contribution is 6.31. The van der Waals surface area contributed by atoms with Gasteiger partial charge in [-0.05, 0) is 37.0 Å². The van der Waals surface area contributed by atoms with Crippen LogP contribution in [0.25, 0.3) is 0 Å². The zero-order valence-electron chi connectivity index (χ0n) is 16.1. The molecule has 31 heavy (non-hydrogen) atoms. The number of benzene rings is 1. The largest absolute Gasteiger partial charge is 0.417 e. The van der Waals surface area contributed by atoms with Crippen molar-refractivity contribution in [2.24, 2.45) is 17.8 Å². The van der Waals surface area contributed by atoms with Crippen LogP contribution in [0, 0.1) is 17.8 Å². The number of alkyl halides is 5. The average Bonchev–Trinajstić information content (AvgIpc) is 3.45. The molecule has 1 aromatic rings. The maximum absolute atomic E-state index is 13.6. The van der Waals surface area contributed by atoms with Gasteiger partial charge in [0, 0.05) is 30.0 Å². The van der Waals surface area contributed by atoms with E-state index >= 15 is 0 Å². The average molecular weight is 467 g/mol. The summed E-state index contributed by atoms with van der Waals surface area (Å²) in [7, 11) is 0. The first kappa shape index (κ1) is 22.2. The Hall–Kier alpha value is -1.98. The number of halogens is 6. The van der Waals surface area contributed by atoms with Gasteiger partial charge in [-0.25, -0.2) is 19.2 Å². The maximum atomic E-state index is 13.6. The molecular formula is C19H20ClF5N4O2. The zero-order valence-corrected chi connectivity index (χ0v) is 16.8. The predicted molar refractivity (Wildman–Crippen MR) is 101 cm³/mol. The number of hydrogen-bond donors (Lipinski definition) is 3. The van der Waals surface area contributed by atoms with Gasteiger partial charge in [0.1, 0.15) is 6.17 Å². The van der Waals surface area contributed by atoms with Crippen LogP contribution in [0.1, 0.15) is 24.8 Å². The third-order valence-electron chi connectivity index (χ3n) is 5.98. The van der Waals surface area contributed by atoms with Gasteiger partial charge < -0.3 is 10.6 Å². The van der Waals surface area contributed by atoms with Gasteiger partial charge >= 0.3 is 6.18 Å². The Morgan fingerprint density at radius 3 is 2.61 bits per heavy atom. The molecule has 2 saturated heterocycles. The van der Waals surface area contributed by atoms with Gasteiger partial charge in [-0.3, -0.25) is 9.59 Å². The fourth-order valence-corrected chi connectivity index (χ4v) is 4.69. The molecule has 6 nitrogen and oxygen atoms in total. The Kier molecular flexibility index (Phi) is 5.86. The minimum atomic E-state index is -4.68. The third-order valence-corrected chi connectivity index (χ3v) is 6.31. The second-order valence-electron chi connectivity index (χ2n) is 8.15. The van der Waals surface area contributed by atoms with Gasteiger partial charge in [0.2, 0.25) is 18.2 Å². The van der Waals surface area contributed by atoms with E-state index in [2.05, 4.69) is 16.1 Å². The van der Waals surface area contributed by atoms with Crippen molar-refractivity contribution in [3.05, 3.63) is 28.8 Å². The molecule has 4 unspecified atom stereocenters. The van der Waals surface area contributed by atoms with Crippen LogP contribution in [0.3, 0.4) is 0 Å². The number of rotatable bonds is 5. The van der Waals surface area contributed by atoms with Crippen LogP contribution >= 0.6 is 11.6 Å². The molecule has 3 fully saturated rings. The lowest BCUT2D eigenvalue weighted by Gasteiger charge is -2.37. The van der Waals surface area contributed by atoms with E-state index in [9.17, 15) is 31.5 Å². The Labute approximate surface area is 179 Å². The van der Waals surface area contributed by atoms with Crippen molar-refractivity contribution >= 4 is 29.1 Å². The van der Waals surface area contributed by atoms with E-state index in [0.717, 1.165) is 25.0 Å². The normalized spacial score (nSPS) is 29.1. The molecule has 3 aliphatic rings. The Morgan fingerprint density at radius 2 is 2.00 bits per heavy atom. The minimum absolute atomic E-state index is 0.102. The highest BCUT2D eigenvalue weighted by Crippen LogP contribution is 2.46. The van der Waals surface area contributed by atoms with E-state index in [0.29, 0.717) is 0 Å². The number of piperidine rings is 1. The van der Waals surface area contributed by atoms with E-state index in [1.165, 1.54) is 11.1 Å². The molecule has 1 aromatic carbocycles. The standard InChI is InChI=1S/C19H20ClF5N4O2/c20-12-4-3-9(5-11(12)19(23,24)25)26-14(31)7-29-18-15(16(28-29)8-1-2-8)10(17(21)22)6-13(30)27-18/h3-5,8,10,15-18,28H,1-2,6-7H2,(H,26,31)(H,27,30). The molecule has 0 bridgehead atoms. The van der Waals surface area contributed by atoms with Crippen LogP contribution in [0.4, 0.5) is 27.6 Å². The third kappa shape index (κ3) is 4.63. The number of carbonyl (C=O) groups excluding carboxylic acids is 2. The van der Waals surface area contributed by atoms with Crippen molar-refractivity contribution in [3.8, 4) is 0 Å². The zero-order chi connectivity index (χ0) is 22.5. The first-order chi connectivity index (χ1) is 14.5. The molecule has 2 amide bonds. The van der Waals surface area contributed by atoms with Crippen LogP contribution in [0.5, 0.6) is 0 Å². The Morgan fingerprint density at radius 1 is 1.29 bits per heavy atom. The minimum Gasteiger partial charge on any atom is -0.339 e. The summed E-state index contributed by atoms with van der Waals surface area (Å²) in [5, 5.41) is 5.95. The second-order valence-corrected chi connectivity index (χ2v) is 8.56. The summed E-state index contributed by atoms with van der Waals surface area (Å²) in [4.78, 5) is 24.5. The van der Waals surface area contributed by atoms with Crippen molar-refractivity contribution in [1.82, 2.24) is 15.8 Å². The van der Waals surface area contributed by atoms with Crippen LogP contribution in [-0.4, -0.2) is 42.0 Å². The molecule has 0 aromatic heterocycles. The first-order valence-corrected chi connectivity index (χ1v) is 10.2. The molecule has 1 saturated carbocycles. The molecule has 1 aliphatic carbocycles. The number of carbonyl (C=O) groups is 2. The molecule has 0 radical (unpaired) electrons. The topological polar surface area (TPSA) is 73.5 Å². The maximum Gasteiger partial charge on any atom is 0.417 e. The lowest BCUT2D eigenvalue weighted by molar-refractivity contribution is -0.137. The highest BCUT2D eigenvalue weighted by Gasteiger charge is 2.56. The van der Waals surface area contributed by atoms with Crippen LogP contribution in [0.15, 0.2) is 18.2 Å². The summed E-state index contributed by atoms with van der Waals surface area (Å²) in [5.41, 5.74) is 1.90. The Bertz CT molecular complexity index is 879. The van der Waals surface area contributed by atoms with Crippen molar-refractivity contribution in [2.75, 3.05) is 11.9 Å². The van der Waals surface area contributed by atoms with E-state index in [1.54, 1.807) is 0 Å². The van der Waals surface area contributed by atoms with Crippen LogP contribution in [-0.2, 0) is 15.8 Å². The molecule has 3 N–H and O–H groups in total. The molecular weight excluding hydrogens is 447 g/mol. The summed E-state index contributed by atoms with van der Waals surface area (Å²) in [6, 6.07) is 2.69. The molecule has 4 atom stereocenters. The molecule has 4 rings (SSSR count). The van der Waals surface area contributed by atoms with Gasteiger partial charge in [-0.2, -0.15) is 13.2 Å². The van der Waals surface area contributed by atoms with Gasteiger partial charge in [-0.15, -0.1) is 0 Å². The number of anilines is 1. The van der Waals surface area contributed by atoms with Crippen molar-refractivity contribution < 1.29 is 31.5 Å². The fraction of sp³-hybridized carbons (Fsp3) is 0.579. The quantitative estimate of drug-likeness (QED) is 0.583. The number of fused-ring (bicyclic) bond motifs is 1. The number of hydrazine groups is 1. The molecule has 2 heterocycles. The number of amides is 2. The van der Waals surface area contributed by atoms with Gasteiger partial charge in [0.05, 0.1) is 17.1 Å². The SMILES string of the molecule is O=C(CN1NC(C2CC2)C2C(C(F)F)CC(=O)NC21)Nc1ccc(Cl)c(C(F)(F)F)c1. The fourth-order valence-electron chi connectivity index (χ4n) is 4.46. The van der Waals surface area contributed by atoms with Gasteiger partial charge in [0.25, 0.3) is 0 Å². The predicted octanol–water partition coefficient (Wildman–Crippen LogP) is 3.24. The Balaban J connectivity index is 1.49.